The van der Waals surface area contributed by atoms with Gasteiger partial charge in [0, 0.05) is 6.42 Å². The predicted octanol–water partition coefficient (Wildman–Crippen LogP) is 1.03. The first-order valence-corrected chi connectivity index (χ1v) is 5.22. The number of hydrogen-bond donors (Lipinski definition) is 1. The summed E-state index contributed by atoms with van der Waals surface area (Å²) < 4.78 is 9.46. The molecule has 0 heterocycles. The molecule has 0 rings (SSSR count). The summed E-state index contributed by atoms with van der Waals surface area (Å²) in [6, 6.07) is -1.01. The monoisotopic (exact) mass is 245 g/mol. The number of amides is 1. The van der Waals surface area contributed by atoms with Crippen molar-refractivity contribution >= 4 is 17.8 Å². The summed E-state index contributed by atoms with van der Waals surface area (Å²) in [7, 11) is 1.19. The molecule has 0 aliphatic rings. The Morgan fingerprint density at radius 1 is 1.24 bits per heavy atom. The van der Waals surface area contributed by atoms with Crippen LogP contribution in [0.25, 0.3) is 0 Å². The van der Waals surface area contributed by atoms with Gasteiger partial charge >= 0.3 is 12.1 Å². The zero-order valence-corrected chi connectivity index (χ0v) is 10.8. The van der Waals surface area contributed by atoms with Crippen LogP contribution >= 0.6 is 0 Å². The Morgan fingerprint density at radius 3 is 2.12 bits per heavy atom. The number of ketones is 1. The maximum Gasteiger partial charge on any atom is 0.408 e. The third-order valence-electron chi connectivity index (χ3n) is 1.67. The number of alkyl carbamates (subject to hydrolysis) is 1. The average Bonchev–Trinajstić information content (AvgIpc) is 2.11. The van der Waals surface area contributed by atoms with Crippen molar-refractivity contribution in [2.75, 3.05) is 7.11 Å². The number of Topliss-reactive ketones (excluding diaryl/α,β-unsaturated/α-hetero) is 1. The zero-order chi connectivity index (χ0) is 13.6. The van der Waals surface area contributed by atoms with Crippen LogP contribution in [0.3, 0.4) is 0 Å². The van der Waals surface area contributed by atoms with E-state index < -0.39 is 23.7 Å². The molecule has 0 unspecified atom stereocenters. The van der Waals surface area contributed by atoms with E-state index in [2.05, 4.69) is 10.1 Å². The number of carbonyl (C=O) groups excluding carboxylic acids is 3. The first kappa shape index (κ1) is 15.4. The maximum absolute atomic E-state index is 11.4. The largest absolute Gasteiger partial charge is 0.467 e. The molecule has 17 heavy (non-hydrogen) atoms. The van der Waals surface area contributed by atoms with Crippen LogP contribution in [0.2, 0.25) is 0 Å². The van der Waals surface area contributed by atoms with Crippen molar-refractivity contribution in [1.29, 1.82) is 0 Å². The zero-order valence-electron chi connectivity index (χ0n) is 10.8. The summed E-state index contributed by atoms with van der Waals surface area (Å²) in [5.74, 6) is -0.900. The van der Waals surface area contributed by atoms with Crippen LogP contribution in [0, 0.1) is 0 Å². The Morgan fingerprint density at radius 2 is 1.76 bits per heavy atom. The molecule has 0 aliphatic heterocycles. The number of methoxy groups -OCH3 is 1. The van der Waals surface area contributed by atoms with E-state index in [1.54, 1.807) is 20.8 Å². The molecule has 1 amide bonds. The van der Waals surface area contributed by atoms with Crippen LogP contribution in [0.15, 0.2) is 0 Å². The van der Waals surface area contributed by atoms with Crippen molar-refractivity contribution in [3.63, 3.8) is 0 Å². The molecular weight excluding hydrogens is 226 g/mol. The SMILES string of the molecule is COC(=O)[C@@H](CC(C)=O)NC(=O)OC(C)(C)C. The van der Waals surface area contributed by atoms with Crippen molar-refractivity contribution < 1.29 is 23.9 Å². The third-order valence-corrected chi connectivity index (χ3v) is 1.67. The second-order valence-corrected chi connectivity index (χ2v) is 4.63. The van der Waals surface area contributed by atoms with Gasteiger partial charge in [-0.3, -0.25) is 4.79 Å². The van der Waals surface area contributed by atoms with E-state index >= 15 is 0 Å². The van der Waals surface area contributed by atoms with Gasteiger partial charge in [-0.05, 0) is 27.7 Å². The lowest BCUT2D eigenvalue weighted by molar-refractivity contribution is -0.144. The highest BCUT2D eigenvalue weighted by molar-refractivity contribution is 5.87. The maximum atomic E-state index is 11.4. The number of ether oxygens (including phenoxy) is 2. The van der Waals surface area contributed by atoms with E-state index in [1.807, 2.05) is 0 Å². The molecule has 0 aromatic carbocycles. The minimum atomic E-state index is -1.01. The minimum absolute atomic E-state index is 0.119. The van der Waals surface area contributed by atoms with E-state index in [9.17, 15) is 14.4 Å². The highest BCUT2D eigenvalue weighted by atomic mass is 16.6. The molecule has 6 heteroatoms. The molecule has 98 valence electrons. The first-order valence-electron chi connectivity index (χ1n) is 5.22. The van der Waals surface area contributed by atoms with Gasteiger partial charge in [0.05, 0.1) is 7.11 Å². The van der Waals surface area contributed by atoms with E-state index in [0.29, 0.717) is 0 Å². The van der Waals surface area contributed by atoms with E-state index in [0.717, 1.165) is 0 Å². The lowest BCUT2D eigenvalue weighted by Crippen LogP contribution is -2.44. The van der Waals surface area contributed by atoms with Crippen molar-refractivity contribution in [2.24, 2.45) is 0 Å². The summed E-state index contributed by atoms with van der Waals surface area (Å²) >= 11 is 0. The third kappa shape index (κ3) is 7.32. The molecule has 0 fully saturated rings. The molecule has 6 nitrogen and oxygen atoms in total. The van der Waals surface area contributed by atoms with Crippen molar-refractivity contribution in [1.82, 2.24) is 5.32 Å². The molecule has 1 atom stereocenters. The molecule has 0 aliphatic carbocycles. The molecule has 0 aromatic rings. The van der Waals surface area contributed by atoms with Gasteiger partial charge < -0.3 is 14.8 Å². The molecule has 0 bridgehead atoms. The minimum Gasteiger partial charge on any atom is -0.467 e. The molecule has 0 saturated heterocycles. The highest BCUT2D eigenvalue weighted by Gasteiger charge is 2.25. The number of nitrogens with one attached hydrogen (secondary N) is 1. The lowest BCUT2D eigenvalue weighted by Gasteiger charge is -2.22. The van der Waals surface area contributed by atoms with Gasteiger partial charge in [-0.1, -0.05) is 0 Å². The van der Waals surface area contributed by atoms with Crippen LogP contribution in [0.1, 0.15) is 34.1 Å². The van der Waals surface area contributed by atoms with Crippen molar-refractivity contribution in [2.45, 2.75) is 45.8 Å². The Labute approximate surface area is 101 Å². The van der Waals surface area contributed by atoms with Gasteiger partial charge in [-0.2, -0.15) is 0 Å². The van der Waals surface area contributed by atoms with Gasteiger partial charge in [0.1, 0.15) is 17.4 Å². The Hall–Kier alpha value is -1.59. The summed E-state index contributed by atoms with van der Waals surface area (Å²) in [4.78, 5) is 33.7. The van der Waals surface area contributed by atoms with Crippen molar-refractivity contribution in [3.8, 4) is 0 Å². The Kier molecular flexibility index (Phi) is 5.64. The molecule has 0 spiro atoms. The Balaban J connectivity index is 4.48. The smallest absolute Gasteiger partial charge is 0.408 e. The second-order valence-electron chi connectivity index (χ2n) is 4.63. The van der Waals surface area contributed by atoms with Crippen LogP contribution < -0.4 is 5.32 Å². The van der Waals surface area contributed by atoms with E-state index in [-0.39, 0.29) is 12.2 Å². The van der Waals surface area contributed by atoms with Gasteiger partial charge in [0.25, 0.3) is 0 Å². The normalized spacial score (nSPS) is 12.5. The molecule has 0 saturated carbocycles. The van der Waals surface area contributed by atoms with Crippen LogP contribution in [-0.4, -0.2) is 36.6 Å². The van der Waals surface area contributed by atoms with Gasteiger partial charge in [0.15, 0.2) is 0 Å². The Bertz CT molecular complexity index is 305. The molecule has 0 aromatic heterocycles. The second kappa shape index (κ2) is 6.22. The fraction of sp³-hybridized carbons (Fsp3) is 0.727. The van der Waals surface area contributed by atoms with Gasteiger partial charge in [-0.25, -0.2) is 9.59 Å². The summed E-state index contributed by atoms with van der Waals surface area (Å²) in [5, 5.41) is 2.30. The van der Waals surface area contributed by atoms with E-state index in [4.69, 9.17) is 4.74 Å². The van der Waals surface area contributed by atoms with Gasteiger partial charge in [-0.15, -0.1) is 0 Å². The summed E-state index contributed by atoms with van der Waals surface area (Å²) in [6.45, 7) is 6.42. The van der Waals surface area contributed by atoms with Crippen LogP contribution in [-0.2, 0) is 19.1 Å². The first-order chi connectivity index (χ1) is 7.65. The summed E-state index contributed by atoms with van der Waals surface area (Å²) in [5.41, 5.74) is -0.666. The van der Waals surface area contributed by atoms with Crippen LogP contribution in [0.5, 0.6) is 0 Å². The summed E-state index contributed by atoms with van der Waals surface area (Å²) in [6.07, 6.45) is -0.875. The fourth-order valence-electron chi connectivity index (χ4n) is 1.07. The predicted molar refractivity (Wildman–Crippen MR) is 60.5 cm³/mol. The van der Waals surface area contributed by atoms with Crippen LogP contribution in [0.4, 0.5) is 4.79 Å². The molecule has 1 N–H and O–H groups in total. The quantitative estimate of drug-likeness (QED) is 0.748. The number of hydrogen-bond acceptors (Lipinski definition) is 5. The van der Waals surface area contributed by atoms with Crippen molar-refractivity contribution in [3.05, 3.63) is 0 Å². The number of esters is 1. The topological polar surface area (TPSA) is 81.7 Å². The van der Waals surface area contributed by atoms with E-state index in [1.165, 1.54) is 14.0 Å². The highest BCUT2D eigenvalue weighted by Crippen LogP contribution is 2.07. The standard InChI is InChI=1S/C11H19NO5/c1-7(13)6-8(9(14)16-5)12-10(15)17-11(2,3)4/h8H,6H2,1-5H3,(H,12,15)/t8-/m1/s1. The average molecular weight is 245 g/mol. The number of carbonyl (C=O) groups is 3. The van der Waals surface area contributed by atoms with Gasteiger partial charge in [0.2, 0.25) is 0 Å². The molecule has 0 radical (unpaired) electrons. The lowest BCUT2D eigenvalue weighted by atomic mass is 10.1. The molecular formula is C11H19NO5. The number of rotatable bonds is 4. The fourth-order valence-corrected chi connectivity index (χ4v) is 1.07.